The second kappa shape index (κ2) is 8.72. The molecule has 5 aromatic rings. The minimum atomic E-state index is -0.285. The van der Waals surface area contributed by atoms with E-state index in [4.69, 9.17) is 4.98 Å². The maximum absolute atomic E-state index is 12.9. The zero-order valence-electron chi connectivity index (χ0n) is 21.5. The molecule has 0 saturated carbocycles. The molecule has 0 aliphatic heterocycles. The van der Waals surface area contributed by atoms with E-state index in [2.05, 4.69) is 55.1 Å². The Balaban J connectivity index is 1.30. The summed E-state index contributed by atoms with van der Waals surface area (Å²) in [4.78, 5) is 35.1. The van der Waals surface area contributed by atoms with Gasteiger partial charge in [0.2, 0.25) is 0 Å². The van der Waals surface area contributed by atoms with Gasteiger partial charge in [-0.3, -0.25) is 14.6 Å². The molecule has 0 radical (unpaired) electrons. The van der Waals surface area contributed by atoms with E-state index < -0.39 is 0 Å². The molecule has 0 spiro atoms. The molecule has 0 amide bonds. The molecule has 2 heterocycles. The third kappa shape index (κ3) is 3.62. The Morgan fingerprint density at radius 3 is 1.87 bits per heavy atom. The minimum absolute atomic E-state index is 0.200. The lowest BCUT2D eigenvalue weighted by atomic mass is 9.83. The van der Waals surface area contributed by atoms with Crippen LogP contribution < -0.4 is 4.90 Å². The molecule has 39 heavy (non-hydrogen) atoms. The molecule has 0 atom stereocenters. The molecule has 0 saturated heterocycles. The zero-order valence-corrected chi connectivity index (χ0v) is 22.3. The predicted octanol–water partition coefficient (Wildman–Crippen LogP) is 8.38. The number of carbonyl (C=O) groups excluding carboxylic acids is 2. The second-order valence-corrected chi connectivity index (χ2v) is 11.5. The highest BCUT2D eigenvalue weighted by Gasteiger charge is 2.39. The SMILES string of the molecule is CC1(C)c2cc(N(c3ccccc3)c3ccccc3)cnc2-c2sc(C=C3C(=O)c4ccccc4C3=O)cc21. The topological polar surface area (TPSA) is 50.3 Å². The predicted molar refractivity (Wildman–Crippen MR) is 157 cm³/mol. The Kier molecular flexibility index (Phi) is 5.25. The van der Waals surface area contributed by atoms with Crippen molar-refractivity contribution in [2.24, 2.45) is 0 Å². The van der Waals surface area contributed by atoms with Gasteiger partial charge in [0.1, 0.15) is 0 Å². The molecule has 3 aromatic carbocycles. The van der Waals surface area contributed by atoms with Gasteiger partial charge in [0, 0.05) is 32.8 Å². The maximum atomic E-state index is 12.9. The highest BCUT2D eigenvalue weighted by Crippen LogP contribution is 2.53. The molecule has 7 rings (SSSR count). The first-order valence-corrected chi connectivity index (χ1v) is 13.7. The Bertz CT molecular complexity index is 1740. The van der Waals surface area contributed by atoms with Crippen LogP contribution in [0.2, 0.25) is 0 Å². The summed E-state index contributed by atoms with van der Waals surface area (Å²) < 4.78 is 0. The number of nitrogens with zero attached hydrogens (tertiary/aromatic N) is 2. The Morgan fingerprint density at radius 2 is 1.28 bits per heavy atom. The van der Waals surface area contributed by atoms with E-state index in [-0.39, 0.29) is 22.6 Å². The van der Waals surface area contributed by atoms with Crippen molar-refractivity contribution in [2.45, 2.75) is 19.3 Å². The first-order valence-electron chi connectivity index (χ1n) is 12.9. The minimum Gasteiger partial charge on any atom is -0.309 e. The molecule has 2 aliphatic carbocycles. The summed E-state index contributed by atoms with van der Waals surface area (Å²) in [5, 5.41) is 0. The van der Waals surface area contributed by atoms with Gasteiger partial charge in [-0.25, -0.2) is 0 Å². The van der Waals surface area contributed by atoms with Crippen LogP contribution in [0.1, 0.15) is 50.6 Å². The first kappa shape index (κ1) is 23.5. The van der Waals surface area contributed by atoms with Crippen LogP contribution in [-0.2, 0) is 5.41 Å². The van der Waals surface area contributed by atoms with Gasteiger partial charge in [-0.2, -0.15) is 0 Å². The van der Waals surface area contributed by atoms with Gasteiger partial charge >= 0.3 is 0 Å². The van der Waals surface area contributed by atoms with Crippen molar-refractivity contribution in [2.75, 3.05) is 4.90 Å². The largest absolute Gasteiger partial charge is 0.309 e. The molecular weight excluding hydrogens is 500 g/mol. The lowest BCUT2D eigenvalue weighted by Gasteiger charge is -2.27. The number of hydrogen-bond acceptors (Lipinski definition) is 5. The van der Waals surface area contributed by atoms with Crippen LogP contribution in [0.25, 0.3) is 16.6 Å². The number of thiophene rings is 1. The van der Waals surface area contributed by atoms with Gasteiger partial charge in [-0.1, -0.05) is 74.5 Å². The number of hydrogen-bond donors (Lipinski definition) is 0. The number of ketones is 2. The summed E-state index contributed by atoms with van der Waals surface area (Å²) >= 11 is 1.59. The number of allylic oxidation sites excluding steroid dienone is 1. The molecule has 188 valence electrons. The number of rotatable bonds is 4. The molecule has 2 aliphatic rings. The standard InChI is InChI=1S/C34H24N2O2S/c1-34(2)28-17-23(36(21-11-5-3-6-12-21)22-13-7-4-8-14-22)20-35-30(28)33-29(34)19-24(39-33)18-27-31(37)25-15-9-10-16-26(25)32(27)38/h3-20H,1-2H3. The van der Waals surface area contributed by atoms with E-state index in [1.807, 2.05) is 42.6 Å². The molecule has 0 N–H and O–H groups in total. The molecule has 0 bridgehead atoms. The maximum Gasteiger partial charge on any atom is 0.197 e. The summed E-state index contributed by atoms with van der Waals surface area (Å²) in [6, 6.07) is 32.0. The number of benzene rings is 3. The fourth-order valence-corrected chi connectivity index (χ4v) is 6.92. The second-order valence-electron chi connectivity index (χ2n) is 10.4. The summed E-state index contributed by atoms with van der Waals surface area (Å²) in [5.74, 6) is -0.401. The van der Waals surface area contributed by atoms with Crippen molar-refractivity contribution in [3.8, 4) is 10.6 Å². The van der Waals surface area contributed by atoms with E-state index in [1.165, 1.54) is 5.56 Å². The van der Waals surface area contributed by atoms with Crippen LogP contribution in [0.4, 0.5) is 17.1 Å². The fraction of sp³-hybridized carbons (Fsp3) is 0.0882. The summed E-state index contributed by atoms with van der Waals surface area (Å²) in [7, 11) is 0. The summed E-state index contributed by atoms with van der Waals surface area (Å²) in [5.41, 5.74) is 7.34. The van der Waals surface area contributed by atoms with Crippen molar-refractivity contribution < 1.29 is 9.59 Å². The Hall–Kier alpha value is -4.61. The summed E-state index contributed by atoms with van der Waals surface area (Å²) in [6.07, 6.45) is 3.69. The van der Waals surface area contributed by atoms with E-state index >= 15 is 0 Å². The van der Waals surface area contributed by atoms with Gasteiger partial charge in [-0.05, 0) is 53.6 Å². The molecule has 4 nitrogen and oxygen atoms in total. The zero-order chi connectivity index (χ0) is 26.7. The quantitative estimate of drug-likeness (QED) is 0.175. The third-order valence-electron chi connectivity index (χ3n) is 7.67. The average Bonchev–Trinajstić information content (AvgIpc) is 3.56. The van der Waals surface area contributed by atoms with Crippen LogP contribution in [0.3, 0.4) is 0 Å². The van der Waals surface area contributed by atoms with Crippen molar-refractivity contribution >= 4 is 46.0 Å². The van der Waals surface area contributed by atoms with E-state index in [0.717, 1.165) is 38.1 Å². The smallest absolute Gasteiger partial charge is 0.197 e. The Morgan fingerprint density at radius 1 is 0.718 bits per heavy atom. The van der Waals surface area contributed by atoms with Crippen molar-refractivity contribution in [3.63, 3.8) is 0 Å². The van der Waals surface area contributed by atoms with Crippen LogP contribution >= 0.6 is 11.3 Å². The molecule has 0 unspecified atom stereocenters. The third-order valence-corrected chi connectivity index (χ3v) is 8.75. The van der Waals surface area contributed by atoms with Crippen molar-refractivity contribution in [1.29, 1.82) is 0 Å². The van der Waals surface area contributed by atoms with Crippen molar-refractivity contribution in [1.82, 2.24) is 4.98 Å². The van der Waals surface area contributed by atoms with Crippen molar-refractivity contribution in [3.05, 3.63) is 136 Å². The lowest BCUT2D eigenvalue weighted by Crippen LogP contribution is -2.16. The first-order chi connectivity index (χ1) is 18.9. The molecular formula is C34H24N2O2S. The van der Waals surface area contributed by atoms with Gasteiger partial charge < -0.3 is 4.90 Å². The van der Waals surface area contributed by atoms with Gasteiger partial charge in [0.25, 0.3) is 0 Å². The molecule has 5 heteroatoms. The average molecular weight is 525 g/mol. The summed E-state index contributed by atoms with van der Waals surface area (Å²) in [6.45, 7) is 4.42. The number of anilines is 3. The number of pyridine rings is 1. The number of carbonyl (C=O) groups is 2. The van der Waals surface area contributed by atoms with Gasteiger partial charge in [-0.15, -0.1) is 11.3 Å². The normalized spacial score (nSPS) is 14.7. The molecule has 0 fully saturated rings. The number of fused-ring (bicyclic) bond motifs is 4. The monoisotopic (exact) mass is 524 g/mol. The van der Waals surface area contributed by atoms with E-state index in [1.54, 1.807) is 41.7 Å². The molecule has 2 aromatic heterocycles. The highest BCUT2D eigenvalue weighted by atomic mass is 32.1. The fourth-order valence-electron chi connectivity index (χ4n) is 5.65. The van der Waals surface area contributed by atoms with Gasteiger partial charge in [0.05, 0.1) is 28.0 Å². The lowest BCUT2D eigenvalue weighted by molar-refractivity contribution is 0.0990. The van der Waals surface area contributed by atoms with Gasteiger partial charge in [0.15, 0.2) is 11.6 Å². The highest BCUT2D eigenvalue weighted by molar-refractivity contribution is 7.16. The number of aromatic nitrogens is 1. The van der Waals surface area contributed by atoms with E-state index in [9.17, 15) is 9.59 Å². The van der Waals surface area contributed by atoms with E-state index in [0.29, 0.717) is 11.1 Å². The van der Waals surface area contributed by atoms with Crippen LogP contribution in [0.15, 0.2) is 109 Å². The van der Waals surface area contributed by atoms with Crippen LogP contribution in [0.5, 0.6) is 0 Å². The Labute approximate surface area is 230 Å². The van der Waals surface area contributed by atoms with Crippen LogP contribution in [0, 0.1) is 0 Å². The number of Topliss-reactive ketones (excluding diaryl/α,β-unsaturated/α-hetero) is 2. The number of para-hydroxylation sites is 2. The van der Waals surface area contributed by atoms with Crippen LogP contribution in [-0.4, -0.2) is 16.6 Å².